The summed E-state index contributed by atoms with van der Waals surface area (Å²) in [6.07, 6.45) is 0.697. The van der Waals surface area contributed by atoms with Gasteiger partial charge in [-0.25, -0.2) is 28.1 Å². The second kappa shape index (κ2) is 8.31. The summed E-state index contributed by atoms with van der Waals surface area (Å²) in [7, 11) is -2.71. The van der Waals surface area contributed by atoms with E-state index in [0.29, 0.717) is 25.8 Å². The second-order valence-corrected chi connectivity index (χ2v) is 8.99. The van der Waals surface area contributed by atoms with Crippen LogP contribution in [-0.2, 0) is 19.6 Å². The predicted octanol–water partition coefficient (Wildman–Crippen LogP) is 1.24. The number of pyridine rings is 1. The molecule has 0 spiro atoms. The molecular formula is C17H26N4O6S. The van der Waals surface area contributed by atoms with E-state index in [2.05, 4.69) is 10.3 Å². The maximum absolute atomic E-state index is 12.1. The number of aromatic nitrogens is 1. The Hall–Kier alpha value is -2.40. The first-order valence-electron chi connectivity index (χ1n) is 8.79. The van der Waals surface area contributed by atoms with Gasteiger partial charge in [-0.3, -0.25) is 0 Å². The van der Waals surface area contributed by atoms with Gasteiger partial charge in [-0.2, -0.15) is 0 Å². The molecule has 0 saturated carbocycles. The van der Waals surface area contributed by atoms with E-state index in [0.717, 1.165) is 0 Å². The number of anilines is 1. The molecule has 4 N–H and O–H groups in total. The highest BCUT2D eigenvalue weighted by molar-refractivity contribution is 7.89. The van der Waals surface area contributed by atoms with Crippen molar-refractivity contribution in [2.45, 2.75) is 49.7 Å². The van der Waals surface area contributed by atoms with Crippen LogP contribution >= 0.6 is 0 Å². The Morgan fingerprint density at radius 1 is 1.46 bits per heavy atom. The van der Waals surface area contributed by atoms with Crippen molar-refractivity contribution in [1.29, 1.82) is 0 Å². The van der Waals surface area contributed by atoms with E-state index < -0.39 is 33.7 Å². The number of carboxylic acid groups (broad SMARTS) is 1. The maximum Gasteiger partial charge on any atom is 0.407 e. The normalized spacial score (nSPS) is 19.9. The fourth-order valence-electron chi connectivity index (χ4n) is 3.54. The van der Waals surface area contributed by atoms with Gasteiger partial charge in [0.2, 0.25) is 0 Å². The van der Waals surface area contributed by atoms with Crippen molar-refractivity contribution in [1.82, 2.24) is 9.88 Å². The van der Waals surface area contributed by atoms with Crippen LogP contribution in [0.5, 0.6) is 0 Å². The molecule has 1 amide bonds. The summed E-state index contributed by atoms with van der Waals surface area (Å²) in [5, 5.41) is 17.0. The van der Waals surface area contributed by atoms with Crippen LogP contribution in [-0.4, -0.2) is 60.7 Å². The van der Waals surface area contributed by atoms with Gasteiger partial charge in [-0.05, 0) is 51.2 Å². The number of hydrogen-bond acceptors (Lipinski definition) is 7. The van der Waals surface area contributed by atoms with E-state index in [-0.39, 0.29) is 16.8 Å². The van der Waals surface area contributed by atoms with Gasteiger partial charge < -0.3 is 20.1 Å². The van der Waals surface area contributed by atoms with Crippen molar-refractivity contribution in [3.8, 4) is 0 Å². The lowest BCUT2D eigenvalue weighted by molar-refractivity contribution is -0.141. The molecule has 1 aromatic rings. The molecule has 0 bridgehead atoms. The van der Waals surface area contributed by atoms with Crippen LogP contribution in [0.1, 0.15) is 33.1 Å². The summed E-state index contributed by atoms with van der Waals surface area (Å²) in [5.41, 5.74) is -0.462. The third-order valence-electron chi connectivity index (χ3n) is 4.88. The van der Waals surface area contributed by atoms with E-state index in [1.54, 1.807) is 0 Å². The van der Waals surface area contributed by atoms with E-state index in [1.807, 2.05) is 13.8 Å². The minimum atomic E-state index is -3.97. The quantitative estimate of drug-likeness (QED) is 0.564. The number of ether oxygens (including phenoxy) is 1. The van der Waals surface area contributed by atoms with Gasteiger partial charge in [0.05, 0.1) is 7.11 Å². The summed E-state index contributed by atoms with van der Waals surface area (Å²) >= 11 is 0. The lowest BCUT2D eigenvalue weighted by Crippen LogP contribution is -2.41. The zero-order chi connectivity index (χ0) is 21.1. The number of nitrogens with two attached hydrogens (primary N) is 1. The first-order valence-corrected chi connectivity index (χ1v) is 10.3. The summed E-state index contributed by atoms with van der Waals surface area (Å²) in [6.45, 7) is 4.15. The molecule has 28 heavy (non-hydrogen) atoms. The number of carbonyl (C=O) groups is 2. The maximum atomic E-state index is 12.1. The summed E-state index contributed by atoms with van der Waals surface area (Å²) < 4.78 is 27.7. The topological polar surface area (TPSA) is 152 Å². The van der Waals surface area contributed by atoms with E-state index >= 15 is 0 Å². The van der Waals surface area contributed by atoms with Gasteiger partial charge in [-0.15, -0.1) is 0 Å². The molecule has 10 nitrogen and oxygen atoms in total. The second-order valence-electron chi connectivity index (χ2n) is 7.48. The van der Waals surface area contributed by atoms with Gasteiger partial charge in [0.15, 0.2) is 5.03 Å². The van der Waals surface area contributed by atoms with E-state index in [9.17, 15) is 23.1 Å². The molecule has 2 heterocycles. The molecule has 2 atom stereocenters. The van der Waals surface area contributed by atoms with Crippen LogP contribution in [0.4, 0.5) is 10.6 Å². The summed E-state index contributed by atoms with van der Waals surface area (Å²) in [4.78, 5) is 28.9. The third-order valence-corrected chi connectivity index (χ3v) is 5.69. The lowest BCUT2D eigenvalue weighted by Gasteiger charge is -2.28. The number of nitrogens with one attached hydrogen (secondary N) is 1. The van der Waals surface area contributed by atoms with Crippen LogP contribution < -0.4 is 10.5 Å². The van der Waals surface area contributed by atoms with Crippen molar-refractivity contribution < 1.29 is 27.9 Å². The molecule has 11 heteroatoms. The van der Waals surface area contributed by atoms with Crippen LogP contribution in [0.15, 0.2) is 23.2 Å². The number of primary sulfonamides is 1. The highest BCUT2D eigenvalue weighted by Gasteiger charge is 2.41. The minimum Gasteiger partial charge on any atom is -0.467 e. The number of hydrogen-bond donors (Lipinski definition) is 3. The molecule has 1 aromatic heterocycles. The van der Waals surface area contributed by atoms with Crippen molar-refractivity contribution in [2.24, 2.45) is 11.1 Å². The molecule has 0 aliphatic carbocycles. The number of methoxy groups -OCH3 is 1. The largest absolute Gasteiger partial charge is 0.467 e. The van der Waals surface area contributed by atoms with Crippen molar-refractivity contribution >= 4 is 27.9 Å². The number of sulfonamides is 1. The molecular weight excluding hydrogens is 388 g/mol. The zero-order valence-electron chi connectivity index (χ0n) is 16.1. The number of esters is 1. The van der Waals surface area contributed by atoms with Crippen LogP contribution in [0.25, 0.3) is 0 Å². The van der Waals surface area contributed by atoms with Crippen LogP contribution in [0.2, 0.25) is 0 Å². The van der Waals surface area contributed by atoms with Crippen LogP contribution in [0, 0.1) is 5.92 Å². The molecule has 0 radical (unpaired) electrons. The third kappa shape index (κ3) is 5.32. The van der Waals surface area contributed by atoms with Crippen molar-refractivity contribution in [2.75, 3.05) is 19.0 Å². The zero-order valence-corrected chi connectivity index (χ0v) is 16.9. The Balaban J connectivity index is 2.08. The smallest absolute Gasteiger partial charge is 0.407 e. The predicted molar refractivity (Wildman–Crippen MR) is 101 cm³/mol. The summed E-state index contributed by atoms with van der Waals surface area (Å²) in [5.74, 6) is -0.236. The monoisotopic (exact) mass is 414 g/mol. The minimum absolute atomic E-state index is 0.101. The SMILES string of the molecule is COC(=O)C(CC[C@@H]1CN(C(=O)O)C(C)(C)C1)Nc1cccc(S(N)(=O)=O)n1. The highest BCUT2D eigenvalue weighted by Crippen LogP contribution is 2.35. The van der Waals surface area contributed by atoms with Crippen molar-refractivity contribution in [3.63, 3.8) is 0 Å². The first kappa shape index (κ1) is 21.9. The fraction of sp³-hybridized carbons (Fsp3) is 0.588. The molecule has 1 unspecified atom stereocenters. The van der Waals surface area contributed by atoms with Crippen LogP contribution in [0.3, 0.4) is 0 Å². The number of rotatable bonds is 7. The molecule has 156 valence electrons. The van der Waals surface area contributed by atoms with Gasteiger partial charge in [-0.1, -0.05) is 6.07 Å². The van der Waals surface area contributed by atoms with Gasteiger partial charge >= 0.3 is 12.1 Å². The molecule has 2 rings (SSSR count). The number of nitrogens with zero attached hydrogens (tertiary/aromatic N) is 2. The van der Waals surface area contributed by atoms with Gasteiger partial charge in [0.1, 0.15) is 11.9 Å². The van der Waals surface area contributed by atoms with Crippen molar-refractivity contribution in [3.05, 3.63) is 18.2 Å². The molecule has 0 aromatic carbocycles. The molecule has 1 fully saturated rings. The average molecular weight is 414 g/mol. The lowest BCUT2D eigenvalue weighted by atomic mass is 9.92. The van der Waals surface area contributed by atoms with Gasteiger partial charge in [0.25, 0.3) is 10.0 Å². The Morgan fingerprint density at radius 3 is 2.68 bits per heavy atom. The molecule has 1 aliphatic heterocycles. The Kier molecular flexibility index (Phi) is 6.50. The number of amides is 1. The summed E-state index contributed by atoms with van der Waals surface area (Å²) in [6, 6.07) is 3.49. The number of likely N-dealkylation sites (tertiary alicyclic amines) is 1. The van der Waals surface area contributed by atoms with E-state index in [1.165, 1.54) is 30.2 Å². The average Bonchev–Trinajstić information content (AvgIpc) is 2.92. The first-order chi connectivity index (χ1) is 12.9. The standard InChI is InChI=1S/C17H26N4O6S/c1-17(2)9-11(10-21(17)16(23)24)7-8-12(15(22)27-3)19-13-5-4-6-14(20-13)28(18,25)26/h4-6,11-12H,7-10H2,1-3H3,(H,19,20)(H,23,24)(H2,18,25,26)/t11-,12?/m0/s1. The Morgan fingerprint density at radius 2 is 2.14 bits per heavy atom. The highest BCUT2D eigenvalue weighted by atomic mass is 32.2. The fourth-order valence-corrected chi connectivity index (χ4v) is 4.04. The van der Waals surface area contributed by atoms with E-state index in [4.69, 9.17) is 9.88 Å². The Labute approximate surface area is 164 Å². The number of carbonyl (C=O) groups excluding carboxylic acids is 1. The Bertz CT molecular complexity index is 842. The molecule has 1 aliphatic rings. The molecule has 1 saturated heterocycles. The van der Waals surface area contributed by atoms with Gasteiger partial charge in [0, 0.05) is 12.1 Å².